The van der Waals surface area contributed by atoms with Crippen molar-refractivity contribution < 1.29 is 22.0 Å². The van der Waals surface area contributed by atoms with Crippen molar-refractivity contribution in [2.24, 2.45) is 7.05 Å². The van der Waals surface area contributed by atoms with E-state index >= 15 is 8.78 Å². The van der Waals surface area contributed by atoms with Crippen LogP contribution in [0.2, 0.25) is 0 Å². The second-order valence-electron chi connectivity index (χ2n) is 8.61. The third kappa shape index (κ3) is 4.51. The van der Waals surface area contributed by atoms with Crippen LogP contribution >= 0.6 is 0 Å². The molecule has 2 fully saturated rings. The van der Waals surface area contributed by atoms with E-state index in [0.29, 0.717) is 12.8 Å². The molecule has 180 valence electrons. The van der Waals surface area contributed by atoms with E-state index in [0.717, 1.165) is 6.42 Å². The number of nitrogens with one attached hydrogen (secondary N) is 1. The van der Waals surface area contributed by atoms with Gasteiger partial charge in [-0.05, 0) is 25.0 Å². The third-order valence-corrected chi connectivity index (χ3v) is 8.36. The Morgan fingerprint density at radius 1 is 1.06 bits per heavy atom. The first-order valence-electron chi connectivity index (χ1n) is 11.0. The maximum atomic E-state index is 15.8. The molecule has 0 atom stereocenters. The number of carbonyl (C=O) groups is 1. The molecule has 0 radical (unpaired) electrons. The minimum atomic E-state index is -3.85. The summed E-state index contributed by atoms with van der Waals surface area (Å²) in [5.41, 5.74) is -1.39. The van der Waals surface area contributed by atoms with Gasteiger partial charge in [0.2, 0.25) is 5.03 Å². The zero-order valence-electron chi connectivity index (χ0n) is 18.5. The van der Waals surface area contributed by atoms with Gasteiger partial charge < -0.3 is 0 Å². The first-order chi connectivity index (χ1) is 15.7. The van der Waals surface area contributed by atoms with Gasteiger partial charge in [0.15, 0.2) is 0 Å². The summed E-state index contributed by atoms with van der Waals surface area (Å²) in [7, 11) is -2.28. The van der Waals surface area contributed by atoms with Crippen molar-refractivity contribution in [2.75, 3.05) is 26.2 Å². The van der Waals surface area contributed by atoms with Crippen LogP contribution in [0.3, 0.4) is 0 Å². The fourth-order valence-electron chi connectivity index (χ4n) is 4.82. The number of hydrogen-bond donors (Lipinski definition) is 1. The Kier molecular flexibility index (Phi) is 6.52. The van der Waals surface area contributed by atoms with Crippen LogP contribution < -0.4 is 5.32 Å². The number of piperazine rings is 1. The van der Waals surface area contributed by atoms with E-state index in [4.69, 9.17) is 0 Å². The second kappa shape index (κ2) is 9.07. The van der Waals surface area contributed by atoms with Crippen LogP contribution in [0.1, 0.15) is 42.5 Å². The minimum Gasteiger partial charge on any atom is -0.292 e. The zero-order chi connectivity index (χ0) is 23.7. The van der Waals surface area contributed by atoms with Crippen LogP contribution in [0, 0.1) is 0 Å². The number of aryl methyl sites for hydroxylation is 1. The number of nitrogens with zero attached hydrogens (tertiary/aromatic N) is 5. The van der Waals surface area contributed by atoms with Crippen molar-refractivity contribution in [1.29, 1.82) is 0 Å². The highest BCUT2D eigenvalue weighted by atomic mass is 32.2. The van der Waals surface area contributed by atoms with Crippen LogP contribution in [0.4, 0.5) is 8.78 Å². The van der Waals surface area contributed by atoms with Crippen molar-refractivity contribution in [3.05, 3.63) is 42.1 Å². The fraction of sp³-hybridized carbons (Fsp3) is 0.571. The Morgan fingerprint density at radius 2 is 1.70 bits per heavy atom. The van der Waals surface area contributed by atoms with Crippen molar-refractivity contribution in [2.45, 2.75) is 48.7 Å². The van der Waals surface area contributed by atoms with E-state index in [2.05, 4.69) is 10.3 Å². The summed E-state index contributed by atoms with van der Waals surface area (Å²) in [5.74, 6) is -0.825. The molecule has 0 unspecified atom stereocenters. The van der Waals surface area contributed by atoms with Crippen LogP contribution in [0.25, 0.3) is 0 Å². The number of alkyl halides is 2. The lowest BCUT2D eigenvalue weighted by Gasteiger charge is -2.52. The molecule has 1 aromatic heterocycles. The molecular formula is C21H28F2N6O3S. The Hall–Kier alpha value is -2.44. The molecule has 1 saturated carbocycles. The van der Waals surface area contributed by atoms with Crippen molar-refractivity contribution in [1.82, 2.24) is 29.5 Å². The maximum absolute atomic E-state index is 15.8. The molecule has 2 heterocycles. The van der Waals surface area contributed by atoms with Crippen molar-refractivity contribution in [3.63, 3.8) is 0 Å². The highest BCUT2D eigenvalue weighted by Crippen LogP contribution is 2.44. The standard InChI is InChI=1S/C21H28F2N6O3S/c1-27-16-18(25-26-27)33(31,32)29-14-12-28(13-15-29)20(10-6-3-7-11-20)21(22,23)24-19(30)17-8-4-2-5-9-17/h2,4-5,8-9,16H,3,6-7,10-15H2,1H3,(H,24,30). The van der Waals surface area contributed by atoms with E-state index < -0.39 is 27.5 Å². The maximum Gasteiger partial charge on any atom is 0.343 e. The summed E-state index contributed by atoms with van der Waals surface area (Å²) < 4.78 is 59.8. The number of hydrogen-bond acceptors (Lipinski definition) is 6. The number of sulfonamides is 1. The normalized spacial score (nSPS) is 20.5. The van der Waals surface area contributed by atoms with Crippen molar-refractivity contribution in [3.8, 4) is 0 Å². The van der Waals surface area contributed by atoms with Crippen molar-refractivity contribution >= 4 is 15.9 Å². The molecule has 1 saturated heterocycles. The first kappa shape index (κ1) is 23.7. The number of benzene rings is 1. The largest absolute Gasteiger partial charge is 0.343 e. The molecule has 2 aliphatic rings. The van der Waals surface area contributed by atoms with Crippen LogP contribution in [0.15, 0.2) is 41.6 Å². The third-order valence-electron chi connectivity index (χ3n) is 6.60. The first-order valence-corrected chi connectivity index (χ1v) is 12.5. The van der Waals surface area contributed by atoms with Gasteiger partial charge in [-0.3, -0.25) is 19.7 Å². The predicted molar refractivity (Wildman–Crippen MR) is 116 cm³/mol. The minimum absolute atomic E-state index is 0.0589. The molecular weight excluding hydrogens is 454 g/mol. The summed E-state index contributed by atoms with van der Waals surface area (Å²) in [6.45, 7) is 0.388. The molecule has 1 N–H and O–H groups in total. The summed E-state index contributed by atoms with van der Waals surface area (Å²) in [4.78, 5) is 14.2. The lowest BCUT2D eigenvalue weighted by molar-refractivity contribution is -0.178. The predicted octanol–water partition coefficient (Wildman–Crippen LogP) is 1.85. The smallest absolute Gasteiger partial charge is 0.292 e. The van der Waals surface area contributed by atoms with Gasteiger partial charge in [-0.25, -0.2) is 8.42 Å². The molecule has 1 amide bonds. The zero-order valence-corrected chi connectivity index (χ0v) is 19.3. The number of aromatic nitrogens is 3. The Balaban J connectivity index is 1.52. The molecule has 1 aliphatic carbocycles. The topological polar surface area (TPSA) is 100 Å². The van der Waals surface area contributed by atoms with Crippen LogP contribution in [0.5, 0.6) is 0 Å². The van der Waals surface area contributed by atoms with Gasteiger partial charge in [-0.1, -0.05) is 42.7 Å². The van der Waals surface area contributed by atoms with Gasteiger partial charge in [0.05, 0.1) is 6.20 Å². The van der Waals surface area contributed by atoms with Gasteiger partial charge in [0.1, 0.15) is 5.54 Å². The monoisotopic (exact) mass is 482 g/mol. The number of halogens is 2. The van der Waals surface area contributed by atoms with Gasteiger partial charge in [0, 0.05) is 38.8 Å². The summed E-state index contributed by atoms with van der Waals surface area (Å²) in [5, 5.41) is 9.18. The van der Waals surface area contributed by atoms with Gasteiger partial charge >= 0.3 is 6.05 Å². The average Bonchev–Trinajstić information content (AvgIpc) is 3.27. The molecule has 1 aromatic carbocycles. The summed E-state index contributed by atoms with van der Waals surface area (Å²) in [6.07, 6.45) is 3.87. The Morgan fingerprint density at radius 3 is 2.27 bits per heavy atom. The molecule has 1 aliphatic heterocycles. The Labute approximate surface area is 191 Å². The fourth-order valence-corrected chi connectivity index (χ4v) is 6.15. The molecule has 12 heteroatoms. The molecule has 0 spiro atoms. The molecule has 9 nitrogen and oxygen atoms in total. The highest BCUT2D eigenvalue weighted by Gasteiger charge is 2.58. The highest BCUT2D eigenvalue weighted by molar-refractivity contribution is 7.89. The second-order valence-corrected chi connectivity index (χ2v) is 10.5. The lowest BCUT2D eigenvalue weighted by Crippen LogP contribution is -2.70. The lowest BCUT2D eigenvalue weighted by atomic mass is 9.77. The van der Waals surface area contributed by atoms with E-state index in [1.165, 1.54) is 27.3 Å². The van der Waals surface area contributed by atoms with Gasteiger partial charge in [0.25, 0.3) is 15.9 Å². The molecule has 0 bridgehead atoms. The number of rotatable bonds is 6. The Bertz CT molecular complexity index is 1080. The van der Waals surface area contributed by atoms with Crippen LogP contribution in [-0.4, -0.2) is 76.3 Å². The molecule has 2 aromatic rings. The summed E-state index contributed by atoms with van der Waals surface area (Å²) in [6, 6.07) is 4.48. The quantitative estimate of drug-likeness (QED) is 0.631. The average molecular weight is 483 g/mol. The van der Waals surface area contributed by atoms with E-state index in [1.54, 1.807) is 30.1 Å². The van der Waals surface area contributed by atoms with E-state index in [9.17, 15) is 13.2 Å². The molecule has 33 heavy (non-hydrogen) atoms. The number of carbonyl (C=O) groups excluding carboxylic acids is 1. The number of amides is 1. The molecule has 4 rings (SSSR count). The van der Waals surface area contributed by atoms with Crippen LogP contribution in [-0.2, 0) is 17.1 Å². The van der Waals surface area contributed by atoms with Gasteiger partial charge in [-0.2, -0.15) is 13.1 Å². The SMILES string of the molecule is Cn1cc(S(=O)(=O)N2CCN(C3(C(F)(F)NC(=O)c4ccccc4)CCCCC3)CC2)nn1. The van der Waals surface area contributed by atoms with Gasteiger partial charge in [-0.15, -0.1) is 5.10 Å². The summed E-state index contributed by atoms with van der Waals surface area (Å²) >= 11 is 0. The van der Waals surface area contributed by atoms with E-state index in [1.807, 2.05) is 5.32 Å². The van der Waals surface area contributed by atoms with E-state index in [-0.39, 0.29) is 49.6 Å².